The van der Waals surface area contributed by atoms with Gasteiger partial charge in [-0.25, -0.2) is 0 Å². The monoisotopic (exact) mass is 293 g/mol. The number of aromatic amines is 1. The maximum atomic E-state index is 12.5. The molecule has 116 valence electrons. The van der Waals surface area contributed by atoms with Gasteiger partial charge in [-0.2, -0.15) is 5.10 Å². The zero-order chi connectivity index (χ0) is 15.3. The van der Waals surface area contributed by atoms with Gasteiger partial charge in [0, 0.05) is 24.3 Å². The number of aromatic nitrogens is 2. The number of nitrogens with one attached hydrogen (secondary N) is 1. The number of hydrogen-bond acceptors (Lipinski definition) is 4. The molecule has 0 bridgehead atoms. The molecule has 2 saturated heterocycles. The third-order valence-electron chi connectivity index (χ3n) is 4.49. The first-order chi connectivity index (χ1) is 9.82. The van der Waals surface area contributed by atoms with E-state index in [1.54, 1.807) is 11.0 Å². The Morgan fingerprint density at radius 1 is 1.57 bits per heavy atom. The molecule has 3 heterocycles. The molecule has 0 unspecified atom stereocenters. The molecule has 21 heavy (non-hydrogen) atoms. The fraction of sp³-hybridized carbons (Fsp3) is 0.733. The number of hydrogen-bond donors (Lipinski definition) is 2. The molecule has 1 amide bonds. The Morgan fingerprint density at radius 2 is 2.33 bits per heavy atom. The molecule has 1 spiro atoms. The number of likely N-dealkylation sites (tertiary alicyclic amines) is 1. The molecule has 6 heteroatoms. The summed E-state index contributed by atoms with van der Waals surface area (Å²) in [6.45, 7) is 7.62. The molecule has 2 aliphatic heterocycles. The van der Waals surface area contributed by atoms with Crippen LogP contribution in [0.25, 0.3) is 0 Å². The van der Waals surface area contributed by atoms with Gasteiger partial charge in [-0.15, -0.1) is 0 Å². The normalized spacial score (nSPS) is 29.5. The molecule has 2 aliphatic rings. The topological polar surface area (TPSA) is 78.5 Å². The summed E-state index contributed by atoms with van der Waals surface area (Å²) in [4.78, 5) is 14.2. The summed E-state index contributed by atoms with van der Waals surface area (Å²) in [5.74, 6) is -0.145. The quantitative estimate of drug-likeness (QED) is 0.812. The van der Waals surface area contributed by atoms with Gasteiger partial charge in [0.25, 0.3) is 5.91 Å². The van der Waals surface area contributed by atoms with Crippen LogP contribution in [0.15, 0.2) is 6.07 Å². The minimum atomic E-state index is -0.607. The number of H-pyrrole nitrogens is 1. The highest BCUT2D eigenvalue weighted by Gasteiger charge is 2.50. The maximum absolute atomic E-state index is 12.5. The standard InChI is InChI=1S/C15H23N3O3/c1-14(2,3)11-7-10(16-17-11)13(20)18-8-12(19)15(9-18)5-4-6-21-15/h7,12,19H,4-6,8-9H2,1-3H3,(H,16,17)/t12-,15-/m0/s1. The molecule has 0 radical (unpaired) electrons. The number of aliphatic hydroxyl groups excluding tert-OH is 1. The third kappa shape index (κ3) is 2.46. The van der Waals surface area contributed by atoms with Crippen LogP contribution in [0.3, 0.4) is 0 Å². The molecule has 2 atom stereocenters. The summed E-state index contributed by atoms with van der Waals surface area (Å²) in [5, 5.41) is 17.3. The zero-order valence-corrected chi connectivity index (χ0v) is 12.8. The van der Waals surface area contributed by atoms with Crippen molar-refractivity contribution in [2.75, 3.05) is 19.7 Å². The van der Waals surface area contributed by atoms with Crippen molar-refractivity contribution in [1.29, 1.82) is 0 Å². The molecule has 0 aromatic carbocycles. The lowest BCUT2D eigenvalue weighted by Gasteiger charge is -2.25. The number of rotatable bonds is 1. The Bertz CT molecular complexity index is 541. The van der Waals surface area contributed by atoms with Crippen LogP contribution in [-0.4, -0.2) is 57.5 Å². The number of carbonyl (C=O) groups is 1. The number of ether oxygens (including phenoxy) is 1. The minimum Gasteiger partial charge on any atom is -0.388 e. The number of aliphatic hydroxyl groups is 1. The molecule has 1 aromatic heterocycles. The first kappa shape index (κ1) is 14.5. The van der Waals surface area contributed by atoms with Crippen LogP contribution in [0.5, 0.6) is 0 Å². The average molecular weight is 293 g/mol. The van der Waals surface area contributed by atoms with Gasteiger partial charge in [-0.3, -0.25) is 9.89 Å². The van der Waals surface area contributed by atoms with Crippen molar-refractivity contribution in [3.63, 3.8) is 0 Å². The van der Waals surface area contributed by atoms with Crippen molar-refractivity contribution in [2.45, 2.75) is 50.7 Å². The Labute approximate surface area is 124 Å². The Kier molecular flexibility index (Phi) is 3.33. The first-order valence-electron chi connectivity index (χ1n) is 7.49. The Balaban J connectivity index is 1.76. The highest BCUT2D eigenvalue weighted by Crippen LogP contribution is 2.35. The van der Waals surface area contributed by atoms with Crippen molar-refractivity contribution < 1.29 is 14.6 Å². The van der Waals surface area contributed by atoms with Gasteiger partial charge in [0.15, 0.2) is 0 Å². The van der Waals surface area contributed by atoms with Gasteiger partial charge in [-0.1, -0.05) is 20.8 Å². The fourth-order valence-electron chi connectivity index (χ4n) is 3.11. The predicted molar refractivity (Wildman–Crippen MR) is 77.1 cm³/mol. The van der Waals surface area contributed by atoms with Gasteiger partial charge in [0.2, 0.25) is 0 Å². The second-order valence-electron chi connectivity index (χ2n) is 7.14. The van der Waals surface area contributed by atoms with Crippen LogP contribution in [0.1, 0.15) is 49.8 Å². The lowest BCUT2D eigenvalue weighted by Crippen LogP contribution is -2.41. The number of carbonyl (C=O) groups excluding carboxylic acids is 1. The van der Waals surface area contributed by atoms with E-state index in [0.717, 1.165) is 18.5 Å². The van der Waals surface area contributed by atoms with E-state index >= 15 is 0 Å². The van der Waals surface area contributed by atoms with Gasteiger partial charge in [0.05, 0.1) is 6.54 Å². The second kappa shape index (κ2) is 4.81. The largest absolute Gasteiger partial charge is 0.388 e. The summed E-state index contributed by atoms with van der Waals surface area (Å²) >= 11 is 0. The van der Waals surface area contributed by atoms with Crippen LogP contribution >= 0.6 is 0 Å². The third-order valence-corrected chi connectivity index (χ3v) is 4.49. The predicted octanol–water partition coefficient (Wildman–Crippen LogP) is 1.07. The molecule has 0 aliphatic carbocycles. The van der Waals surface area contributed by atoms with E-state index in [0.29, 0.717) is 25.4 Å². The molecule has 1 aromatic rings. The highest BCUT2D eigenvalue weighted by molar-refractivity contribution is 5.92. The lowest BCUT2D eigenvalue weighted by molar-refractivity contribution is -0.0590. The smallest absolute Gasteiger partial charge is 0.274 e. The lowest BCUT2D eigenvalue weighted by atomic mass is 9.92. The van der Waals surface area contributed by atoms with E-state index < -0.39 is 11.7 Å². The fourth-order valence-corrected chi connectivity index (χ4v) is 3.11. The van der Waals surface area contributed by atoms with Gasteiger partial charge >= 0.3 is 0 Å². The van der Waals surface area contributed by atoms with E-state index in [-0.39, 0.29) is 11.3 Å². The summed E-state index contributed by atoms with van der Waals surface area (Å²) in [6, 6.07) is 1.80. The number of amides is 1. The first-order valence-corrected chi connectivity index (χ1v) is 7.49. The van der Waals surface area contributed by atoms with Crippen molar-refractivity contribution >= 4 is 5.91 Å². The maximum Gasteiger partial charge on any atom is 0.274 e. The Hall–Kier alpha value is -1.40. The van der Waals surface area contributed by atoms with Gasteiger partial charge in [0.1, 0.15) is 17.4 Å². The van der Waals surface area contributed by atoms with Crippen LogP contribution in [0, 0.1) is 0 Å². The highest BCUT2D eigenvalue weighted by atomic mass is 16.5. The van der Waals surface area contributed by atoms with Gasteiger partial charge < -0.3 is 14.7 Å². The van der Waals surface area contributed by atoms with Crippen LogP contribution < -0.4 is 0 Å². The van der Waals surface area contributed by atoms with Crippen molar-refractivity contribution in [3.8, 4) is 0 Å². The van der Waals surface area contributed by atoms with Crippen LogP contribution in [0.2, 0.25) is 0 Å². The van der Waals surface area contributed by atoms with E-state index in [1.807, 2.05) is 0 Å². The van der Waals surface area contributed by atoms with Crippen molar-refractivity contribution in [2.24, 2.45) is 0 Å². The van der Waals surface area contributed by atoms with E-state index in [9.17, 15) is 9.90 Å². The van der Waals surface area contributed by atoms with E-state index in [1.165, 1.54) is 0 Å². The number of β-amino-alcohol motifs (C(OH)–C–C–N with tert-alkyl or cyclic N) is 1. The van der Waals surface area contributed by atoms with Crippen LogP contribution in [-0.2, 0) is 10.2 Å². The van der Waals surface area contributed by atoms with Crippen molar-refractivity contribution in [1.82, 2.24) is 15.1 Å². The molecule has 2 N–H and O–H groups in total. The summed E-state index contributed by atoms with van der Waals surface area (Å²) in [7, 11) is 0. The minimum absolute atomic E-state index is 0.0775. The molecule has 3 rings (SSSR count). The average Bonchev–Trinajstić information content (AvgIpc) is 3.11. The van der Waals surface area contributed by atoms with E-state index in [4.69, 9.17) is 4.74 Å². The van der Waals surface area contributed by atoms with Crippen molar-refractivity contribution in [3.05, 3.63) is 17.5 Å². The summed E-state index contributed by atoms with van der Waals surface area (Å²) < 4.78 is 5.72. The molecular formula is C15H23N3O3. The second-order valence-corrected chi connectivity index (χ2v) is 7.14. The van der Waals surface area contributed by atoms with E-state index in [2.05, 4.69) is 31.0 Å². The molecular weight excluding hydrogens is 270 g/mol. The molecule has 0 saturated carbocycles. The summed E-state index contributed by atoms with van der Waals surface area (Å²) in [6.07, 6.45) is 1.14. The summed E-state index contributed by atoms with van der Waals surface area (Å²) in [5.41, 5.74) is 0.699. The molecule has 2 fully saturated rings. The van der Waals surface area contributed by atoms with Crippen LogP contribution in [0.4, 0.5) is 0 Å². The zero-order valence-electron chi connectivity index (χ0n) is 12.8. The SMILES string of the molecule is CC(C)(C)c1cc(C(=O)N2C[C@H](O)[C@]3(CCCO3)C2)n[nH]1. The molecule has 6 nitrogen and oxygen atoms in total. The Morgan fingerprint density at radius 3 is 2.90 bits per heavy atom. The number of nitrogens with zero attached hydrogens (tertiary/aromatic N) is 2. The van der Waals surface area contributed by atoms with Gasteiger partial charge in [-0.05, 0) is 18.9 Å².